The van der Waals surface area contributed by atoms with E-state index in [9.17, 15) is 13.2 Å². The molecular weight excluding hydrogens is 368 g/mol. The number of hydrogen-bond acceptors (Lipinski definition) is 5. The molecule has 8 heteroatoms. The zero-order chi connectivity index (χ0) is 19.3. The second kappa shape index (κ2) is 8.51. The molecule has 0 aromatic heterocycles. The lowest BCUT2D eigenvalue weighted by Crippen LogP contribution is -2.36. The first-order valence-electron chi connectivity index (χ1n) is 8.59. The van der Waals surface area contributed by atoms with Crippen LogP contribution in [0.4, 0.5) is 11.4 Å². The van der Waals surface area contributed by atoms with Crippen LogP contribution < -0.4 is 10.0 Å². The molecule has 1 fully saturated rings. The standard InChI is InChI=1S/C19H22N2O5S/c1-25-18(14-11-12-26-13-14)19(22)20-16-9-5-6-10-17(16)21-27(23,24)15-7-3-2-4-8-15/h2-10,14,18,21H,11-13H2,1H3,(H,20,22). The summed E-state index contributed by atoms with van der Waals surface area (Å²) in [5.74, 6) is -0.359. The van der Waals surface area contributed by atoms with E-state index in [0.29, 0.717) is 18.9 Å². The van der Waals surface area contributed by atoms with Crippen LogP contribution in [0.15, 0.2) is 59.5 Å². The van der Waals surface area contributed by atoms with Gasteiger partial charge in [0.25, 0.3) is 15.9 Å². The molecule has 0 aliphatic carbocycles. The molecule has 1 saturated heterocycles. The van der Waals surface area contributed by atoms with Crippen molar-refractivity contribution in [2.24, 2.45) is 5.92 Å². The number of para-hydroxylation sites is 2. The van der Waals surface area contributed by atoms with Crippen molar-refractivity contribution in [2.75, 3.05) is 30.4 Å². The molecule has 0 saturated carbocycles. The largest absolute Gasteiger partial charge is 0.381 e. The molecule has 2 N–H and O–H groups in total. The molecule has 144 valence electrons. The number of benzene rings is 2. The summed E-state index contributed by atoms with van der Waals surface area (Å²) in [5.41, 5.74) is 0.648. The number of carbonyl (C=O) groups excluding carboxylic acids is 1. The van der Waals surface area contributed by atoms with Gasteiger partial charge >= 0.3 is 0 Å². The van der Waals surface area contributed by atoms with Gasteiger partial charge in [-0.25, -0.2) is 8.42 Å². The minimum Gasteiger partial charge on any atom is -0.381 e. The Morgan fingerprint density at radius 3 is 2.41 bits per heavy atom. The fourth-order valence-electron chi connectivity index (χ4n) is 2.99. The first-order valence-corrected chi connectivity index (χ1v) is 10.1. The molecule has 0 bridgehead atoms. The van der Waals surface area contributed by atoms with E-state index in [2.05, 4.69) is 10.0 Å². The van der Waals surface area contributed by atoms with Gasteiger partial charge in [0, 0.05) is 19.6 Å². The van der Waals surface area contributed by atoms with E-state index in [1.54, 1.807) is 42.5 Å². The maximum Gasteiger partial charge on any atom is 0.261 e. The maximum absolute atomic E-state index is 12.6. The van der Waals surface area contributed by atoms with Gasteiger partial charge in [0.15, 0.2) is 0 Å². The number of carbonyl (C=O) groups is 1. The Labute approximate surface area is 158 Å². The highest BCUT2D eigenvalue weighted by molar-refractivity contribution is 7.92. The van der Waals surface area contributed by atoms with Crippen molar-refractivity contribution in [1.29, 1.82) is 0 Å². The van der Waals surface area contributed by atoms with Gasteiger partial charge in [-0.05, 0) is 30.7 Å². The van der Waals surface area contributed by atoms with Crippen LogP contribution in [0, 0.1) is 5.92 Å². The summed E-state index contributed by atoms with van der Waals surface area (Å²) in [4.78, 5) is 12.8. The van der Waals surface area contributed by atoms with Crippen molar-refractivity contribution in [3.8, 4) is 0 Å². The molecule has 1 aliphatic rings. The van der Waals surface area contributed by atoms with Crippen molar-refractivity contribution < 1.29 is 22.7 Å². The quantitative estimate of drug-likeness (QED) is 0.758. The van der Waals surface area contributed by atoms with E-state index in [4.69, 9.17) is 9.47 Å². The highest BCUT2D eigenvalue weighted by atomic mass is 32.2. The summed E-state index contributed by atoms with van der Waals surface area (Å²) in [6, 6.07) is 14.7. The van der Waals surface area contributed by atoms with Gasteiger partial charge in [0.2, 0.25) is 0 Å². The fourth-order valence-corrected chi connectivity index (χ4v) is 4.09. The molecule has 2 unspecified atom stereocenters. The average Bonchev–Trinajstić information content (AvgIpc) is 3.19. The summed E-state index contributed by atoms with van der Waals surface area (Å²) >= 11 is 0. The molecule has 2 aromatic carbocycles. The normalized spacial score (nSPS) is 18.0. The first kappa shape index (κ1) is 19.3. The van der Waals surface area contributed by atoms with Crippen LogP contribution in [0.1, 0.15) is 6.42 Å². The summed E-state index contributed by atoms with van der Waals surface area (Å²) in [5, 5.41) is 2.77. The maximum atomic E-state index is 12.6. The van der Waals surface area contributed by atoms with Crippen LogP contribution in [-0.4, -0.2) is 40.8 Å². The van der Waals surface area contributed by atoms with Crippen LogP contribution in [0.2, 0.25) is 0 Å². The number of nitrogens with one attached hydrogen (secondary N) is 2. The first-order chi connectivity index (χ1) is 13.0. The minimum absolute atomic E-state index is 0.0248. The number of hydrogen-bond donors (Lipinski definition) is 2. The molecule has 1 amide bonds. The van der Waals surface area contributed by atoms with E-state index in [0.717, 1.165) is 6.42 Å². The molecule has 0 spiro atoms. The highest BCUT2D eigenvalue weighted by Gasteiger charge is 2.31. The van der Waals surface area contributed by atoms with Gasteiger partial charge in [-0.1, -0.05) is 30.3 Å². The Balaban J connectivity index is 1.79. The van der Waals surface area contributed by atoms with E-state index in [1.807, 2.05) is 0 Å². The number of sulfonamides is 1. The number of rotatable bonds is 7. The molecule has 2 aromatic rings. The Morgan fingerprint density at radius 1 is 1.11 bits per heavy atom. The Kier molecular flexibility index (Phi) is 6.10. The third kappa shape index (κ3) is 4.65. The Bertz CT molecular complexity index is 880. The van der Waals surface area contributed by atoms with Gasteiger partial charge in [0.1, 0.15) is 6.10 Å². The third-order valence-electron chi connectivity index (χ3n) is 4.39. The molecular formula is C19H22N2O5S. The van der Waals surface area contributed by atoms with Crippen molar-refractivity contribution >= 4 is 27.3 Å². The predicted octanol–water partition coefficient (Wildman–Crippen LogP) is 2.48. The summed E-state index contributed by atoms with van der Waals surface area (Å²) in [7, 11) is -2.29. The van der Waals surface area contributed by atoms with Gasteiger partial charge < -0.3 is 14.8 Å². The highest BCUT2D eigenvalue weighted by Crippen LogP contribution is 2.26. The van der Waals surface area contributed by atoms with Crippen LogP contribution in [0.5, 0.6) is 0 Å². The molecule has 27 heavy (non-hydrogen) atoms. The van der Waals surface area contributed by atoms with Gasteiger partial charge in [-0.15, -0.1) is 0 Å². The molecule has 0 radical (unpaired) electrons. The SMILES string of the molecule is COC(C(=O)Nc1ccccc1NS(=O)(=O)c1ccccc1)C1CCOC1. The predicted molar refractivity (Wildman–Crippen MR) is 102 cm³/mol. The van der Waals surface area contributed by atoms with E-state index < -0.39 is 16.1 Å². The fraction of sp³-hybridized carbons (Fsp3) is 0.316. The van der Waals surface area contributed by atoms with Crippen LogP contribution >= 0.6 is 0 Å². The summed E-state index contributed by atoms with van der Waals surface area (Å²) in [6.45, 7) is 1.07. The monoisotopic (exact) mass is 390 g/mol. The second-order valence-corrected chi connectivity index (χ2v) is 7.92. The minimum atomic E-state index is -3.77. The lowest BCUT2D eigenvalue weighted by atomic mass is 10.0. The summed E-state index contributed by atoms with van der Waals surface area (Å²) in [6.07, 6.45) is 0.0834. The molecule has 7 nitrogen and oxygen atoms in total. The van der Waals surface area contributed by atoms with E-state index in [-0.39, 0.29) is 22.4 Å². The molecule has 2 atom stereocenters. The van der Waals surface area contributed by atoms with Crippen molar-refractivity contribution in [2.45, 2.75) is 17.4 Å². The van der Waals surface area contributed by atoms with E-state index >= 15 is 0 Å². The number of amides is 1. The second-order valence-electron chi connectivity index (χ2n) is 6.23. The lowest BCUT2D eigenvalue weighted by Gasteiger charge is -2.21. The third-order valence-corrected chi connectivity index (χ3v) is 5.77. The lowest BCUT2D eigenvalue weighted by molar-refractivity contribution is -0.128. The summed E-state index contributed by atoms with van der Waals surface area (Å²) < 4.78 is 38.3. The number of anilines is 2. The van der Waals surface area contributed by atoms with Crippen LogP contribution in [-0.2, 0) is 24.3 Å². The number of methoxy groups -OCH3 is 1. The molecule has 1 heterocycles. The van der Waals surface area contributed by atoms with Gasteiger partial charge in [0.05, 0.1) is 22.9 Å². The topological polar surface area (TPSA) is 93.7 Å². The van der Waals surface area contributed by atoms with Gasteiger partial charge in [-0.2, -0.15) is 0 Å². The van der Waals surface area contributed by atoms with Crippen molar-refractivity contribution in [3.05, 3.63) is 54.6 Å². The smallest absolute Gasteiger partial charge is 0.261 e. The Morgan fingerprint density at radius 2 is 1.78 bits per heavy atom. The van der Waals surface area contributed by atoms with Crippen molar-refractivity contribution in [1.82, 2.24) is 0 Å². The molecule has 3 rings (SSSR count). The zero-order valence-corrected chi connectivity index (χ0v) is 15.7. The van der Waals surface area contributed by atoms with E-state index in [1.165, 1.54) is 19.2 Å². The Hall–Kier alpha value is -2.42. The van der Waals surface area contributed by atoms with Crippen LogP contribution in [0.25, 0.3) is 0 Å². The van der Waals surface area contributed by atoms with Gasteiger partial charge in [-0.3, -0.25) is 9.52 Å². The van der Waals surface area contributed by atoms with Crippen molar-refractivity contribution in [3.63, 3.8) is 0 Å². The zero-order valence-electron chi connectivity index (χ0n) is 14.9. The average molecular weight is 390 g/mol. The molecule has 1 aliphatic heterocycles. The number of ether oxygens (including phenoxy) is 2. The van der Waals surface area contributed by atoms with Crippen LogP contribution in [0.3, 0.4) is 0 Å².